The van der Waals surface area contributed by atoms with Gasteiger partial charge in [0, 0.05) is 16.9 Å². The lowest BCUT2D eigenvalue weighted by Crippen LogP contribution is -2.46. The van der Waals surface area contributed by atoms with E-state index in [0.717, 1.165) is 36.7 Å². The zero-order chi connectivity index (χ0) is 14.8. The van der Waals surface area contributed by atoms with Crippen molar-refractivity contribution in [2.24, 2.45) is 5.92 Å². The second-order valence-electron chi connectivity index (χ2n) is 5.85. The van der Waals surface area contributed by atoms with Gasteiger partial charge in [-0.1, -0.05) is 28.1 Å². The van der Waals surface area contributed by atoms with Crippen molar-refractivity contribution < 1.29 is 9.59 Å². The van der Waals surface area contributed by atoms with Gasteiger partial charge in [-0.3, -0.25) is 9.59 Å². The fourth-order valence-electron chi connectivity index (χ4n) is 2.95. The summed E-state index contributed by atoms with van der Waals surface area (Å²) in [5, 5.41) is 5.77. The van der Waals surface area contributed by atoms with Crippen LogP contribution in [0.2, 0.25) is 0 Å². The van der Waals surface area contributed by atoms with Crippen molar-refractivity contribution in [3.8, 4) is 0 Å². The van der Waals surface area contributed by atoms with Crippen molar-refractivity contribution >= 4 is 27.7 Å². The molecule has 2 fully saturated rings. The van der Waals surface area contributed by atoms with Gasteiger partial charge in [0.1, 0.15) is 6.04 Å². The minimum atomic E-state index is -0.358. The molecule has 3 atom stereocenters. The molecule has 1 saturated carbocycles. The van der Waals surface area contributed by atoms with Crippen molar-refractivity contribution in [1.29, 1.82) is 0 Å². The van der Waals surface area contributed by atoms with Gasteiger partial charge in [0.05, 0.1) is 0 Å². The predicted octanol–water partition coefficient (Wildman–Crippen LogP) is 2.34. The van der Waals surface area contributed by atoms with E-state index in [1.54, 1.807) is 0 Å². The maximum absolute atomic E-state index is 12.3. The van der Waals surface area contributed by atoms with Crippen LogP contribution < -0.4 is 10.6 Å². The van der Waals surface area contributed by atoms with Gasteiger partial charge in [0.15, 0.2) is 0 Å². The van der Waals surface area contributed by atoms with Gasteiger partial charge in [-0.05, 0) is 49.3 Å². The first-order valence-corrected chi connectivity index (χ1v) is 8.28. The summed E-state index contributed by atoms with van der Waals surface area (Å²) in [4.78, 5) is 24.2. The zero-order valence-electron chi connectivity index (χ0n) is 11.8. The molecule has 1 aliphatic carbocycles. The van der Waals surface area contributed by atoms with Gasteiger partial charge in [-0.2, -0.15) is 0 Å². The molecule has 0 spiro atoms. The second kappa shape index (κ2) is 6.18. The van der Waals surface area contributed by atoms with E-state index in [-0.39, 0.29) is 29.7 Å². The molecule has 21 heavy (non-hydrogen) atoms. The summed E-state index contributed by atoms with van der Waals surface area (Å²) in [6.07, 6.45) is 3.58. The van der Waals surface area contributed by atoms with Crippen molar-refractivity contribution in [2.45, 2.75) is 37.6 Å². The summed E-state index contributed by atoms with van der Waals surface area (Å²) < 4.78 is 1.04. The molecule has 1 saturated heterocycles. The van der Waals surface area contributed by atoms with Crippen LogP contribution in [0.15, 0.2) is 28.7 Å². The minimum Gasteiger partial charge on any atom is -0.354 e. The molecule has 2 aliphatic rings. The van der Waals surface area contributed by atoms with E-state index in [4.69, 9.17) is 0 Å². The summed E-state index contributed by atoms with van der Waals surface area (Å²) in [7, 11) is 0. The highest BCUT2D eigenvalue weighted by Gasteiger charge is 2.44. The van der Waals surface area contributed by atoms with Crippen molar-refractivity contribution in [3.05, 3.63) is 34.3 Å². The Kier molecular flexibility index (Phi) is 4.29. The SMILES string of the molecule is O=C1NCCCC[C@@H]1NC(=O)[C@@H]1C[C@@H]1c1cccc(Br)c1. The molecule has 1 aromatic carbocycles. The number of amides is 2. The zero-order valence-corrected chi connectivity index (χ0v) is 13.4. The van der Waals surface area contributed by atoms with Crippen LogP contribution in [0.25, 0.3) is 0 Å². The molecule has 0 aromatic heterocycles. The van der Waals surface area contributed by atoms with Crippen molar-refractivity contribution in [1.82, 2.24) is 10.6 Å². The van der Waals surface area contributed by atoms with Crippen LogP contribution in [-0.2, 0) is 9.59 Å². The minimum absolute atomic E-state index is 0.00959. The topological polar surface area (TPSA) is 58.2 Å². The largest absolute Gasteiger partial charge is 0.354 e. The second-order valence-corrected chi connectivity index (χ2v) is 6.77. The van der Waals surface area contributed by atoms with Crippen LogP contribution in [0.3, 0.4) is 0 Å². The highest BCUT2D eigenvalue weighted by atomic mass is 79.9. The van der Waals surface area contributed by atoms with Crippen LogP contribution in [0.5, 0.6) is 0 Å². The third-order valence-corrected chi connectivity index (χ3v) is 4.75. The summed E-state index contributed by atoms with van der Waals surface area (Å²) in [5.41, 5.74) is 1.19. The third kappa shape index (κ3) is 3.46. The normalized spacial score (nSPS) is 28.4. The quantitative estimate of drug-likeness (QED) is 0.878. The van der Waals surface area contributed by atoms with E-state index in [1.165, 1.54) is 5.56 Å². The Morgan fingerprint density at radius 1 is 1.33 bits per heavy atom. The summed E-state index contributed by atoms with van der Waals surface area (Å²) in [6, 6.07) is 7.74. The molecule has 2 amide bonds. The van der Waals surface area contributed by atoms with Crippen molar-refractivity contribution in [2.75, 3.05) is 6.54 Å². The lowest BCUT2D eigenvalue weighted by Gasteiger charge is -2.15. The van der Waals surface area contributed by atoms with Crippen LogP contribution >= 0.6 is 15.9 Å². The average molecular weight is 351 g/mol. The number of hydrogen-bond acceptors (Lipinski definition) is 2. The first-order valence-electron chi connectivity index (χ1n) is 7.48. The monoisotopic (exact) mass is 350 g/mol. The summed E-state index contributed by atoms with van der Waals surface area (Å²) >= 11 is 3.46. The Labute approximate surface area is 132 Å². The summed E-state index contributed by atoms with van der Waals surface area (Å²) in [5.74, 6) is 0.272. The smallest absolute Gasteiger partial charge is 0.242 e. The van der Waals surface area contributed by atoms with Crippen LogP contribution in [-0.4, -0.2) is 24.4 Å². The Morgan fingerprint density at radius 2 is 2.19 bits per heavy atom. The van der Waals surface area contributed by atoms with Crippen LogP contribution in [0, 0.1) is 5.92 Å². The number of nitrogens with one attached hydrogen (secondary N) is 2. The van der Waals surface area contributed by atoms with Gasteiger partial charge in [-0.25, -0.2) is 0 Å². The predicted molar refractivity (Wildman–Crippen MR) is 83.8 cm³/mol. The molecular formula is C16H19BrN2O2. The first kappa shape index (κ1) is 14.6. The molecule has 5 heteroatoms. The standard InChI is InChI=1S/C16H19BrN2O2/c17-11-5-3-4-10(8-11)12-9-13(12)15(20)19-14-6-1-2-7-18-16(14)21/h3-5,8,12-14H,1-2,6-7,9H2,(H,18,21)(H,19,20)/t12-,13-,14+/m1/s1. The maximum Gasteiger partial charge on any atom is 0.242 e. The van der Waals surface area contributed by atoms with E-state index in [1.807, 2.05) is 12.1 Å². The van der Waals surface area contributed by atoms with E-state index in [9.17, 15) is 9.59 Å². The first-order chi connectivity index (χ1) is 10.1. The van der Waals surface area contributed by atoms with Gasteiger partial charge in [-0.15, -0.1) is 0 Å². The van der Waals surface area contributed by atoms with Crippen LogP contribution in [0.4, 0.5) is 0 Å². The van der Waals surface area contributed by atoms with Gasteiger partial charge >= 0.3 is 0 Å². The fourth-order valence-corrected chi connectivity index (χ4v) is 3.36. The van der Waals surface area contributed by atoms with Crippen LogP contribution in [0.1, 0.15) is 37.2 Å². The molecule has 4 nitrogen and oxygen atoms in total. The molecule has 2 N–H and O–H groups in total. The lowest BCUT2D eigenvalue weighted by molar-refractivity contribution is -0.129. The highest BCUT2D eigenvalue weighted by Crippen LogP contribution is 2.48. The molecule has 1 heterocycles. The van der Waals surface area contributed by atoms with E-state index >= 15 is 0 Å². The molecule has 1 aromatic rings. The Balaban J connectivity index is 1.58. The Morgan fingerprint density at radius 3 is 3.00 bits per heavy atom. The molecule has 0 bridgehead atoms. The van der Waals surface area contributed by atoms with E-state index < -0.39 is 0 Å². The number of benzene rings is 1. The van der Waals surface area contributed by atoms with Gasteiger partial charge in [0.2, 0.25) is 11.8 Å². The number of carbonyl (C=O) groups excluding carboxylic acids is 2. The number of carbonyl (C=O) groups is 2. The van der Waals surface area contributed by atoms with Gasteiger partial charge in [0.25, 0.3) is 0 Å². The van der Waals surface area contributed by atoms with E-state index in [2.05, 4.69) is 38.7 Å². The fraction of sp³-hybridized carbons (Fsp3) is 0.500. The number of hydrogen-bond donors (Lipinski definition) is 2. The lowest BCUT2D eigenvalue weighted by atomic mass is 10.1. The Hall–Kier alpha value is -1.36. The highest BCUT2D eigenvalue weighted by molar-refractivity contribution is 9.10. The molecule has 1 aliphatic heterocycles. The summed E-state index contributed by atoms with van der Waals surface area (Å²) in [6.45, 7) is 0.718. The molecular weight excluding hydrogens is 332 g/mol. The Bertz CT molecular complexity index is 561. The molecule has 112 valence electrons. The number of rotatable bonds is 3. The van der Waals surface area contributed by atoms with E-state index in [0.29, 0.717) is 0 Å². The third-order valence-electron chi connectivity index (χ3n) is 4.26. The van der Waals surface area contributed by atoms with Gasteiger partial charge < -0.3 is 10.6 Å². The molecule has 0 unspecified atom stereocenters. The number of halogens is 1. The maximum atomic E-state index is 12.3. The van der Waals surface area contributed by atoms with Crippen molar-refractivity contribution in [3.63, 3.8) is 0 Å². The molecule has 0 radical (unpaired) electrons. The average Bonchev–Trinajstić information content (AvgIpc) is 3.26. The molecule has 3 rings (SSSR count).